The number of benzene rings is 1. The third-order valence-electron chi connectivity index (χ3n) is 2.82. The van der Waals surface area contributed by atoms with Crippen LogP contribution in [0.5, 0.6) is 5.75 Å². The van der Waals surface area contributed by atoms with Crippen LogP contribution in [0.3, 0.4) is 0 Å². The molecule has 0 saturated heterocycles. The highest BCUT2D eigenvalue weighted by Gasteiger charge is 2.08. The molecule has 0 saturated carbocycles. The summed E-state index contributed by atoms with van der Waals surface area (Å²) in [6.45, 7) is 3.05. The van der Waals surface area contributed by atoms with Crippen LogP contribution in [0.15, 0.2) is 30.5 Å². The Balaban J connectivity index is 1.83. The normalized spacial score (nSPS) is 10.3. The van der Waals surface area contributed by atoms with Gasteiger partial charge < -0.3 is 4.74 Å². The van der Waals surface area contributed by atoms with Gasteiger partial charge in [0, 0.05) is 0 Å². The second-order valence-corrected chi connectivity index (χ2v) is 4.19. The lowest BCUT2D eigenvalue weighted by Crippen LogP contribution is -2.30. The Hall–Kier alpha value is -2.41. The second-order valence-electron chi connectivity index (χ2n) is 4.19. The van der Waals surface area contributed by atoms with Crippen LogP contribution >= 0.6 is 0 Å². The Kier molecular flexibility index (Phi) is 4.67. The predicted octanol–water partition coefficient (Wildman–Crippen LogP) is 0.523. The molecule has 0 atom stereocenters. The van der Waals surface area contributed by atoms with Crippen molar-refractivity contribution in [2.75, 3.05) is 6.61 Å². The number of nitrogens with two attached hydrogens (primary N) is 1. The largest absolute Gasteiger partial charge is 0.492 e. The Morgan fingerprint density at radius 1 is 1.40 bits per heavy atom. The molecule has 20 heavy (non-hydrogen) atoms. The summed E-state index contributed by atoms with van der Waals surface area (Å²) in [4.78, 5) is 11.2. The molecule has 0 unspecified atom stereocenters. The summed E-state index contributed by atoms with van der Waals surface area (Å²) in [7, 11) is 0. The zero-order valence-electron chi connectivity index (χ0n) is 11.2. The zero-order valence-corrected chi connectivity index (χ0v) is 11.2. The van der Waals surface area contributed by atoms with E-state index in [0.717, 1.165) is 12.2 Å². The maximum Gasteiger partial charge on any atom is 0.287 e. The molecule has 2 aromatic rings. The van der Waals surface area contributed by atoms with Crippen LogP contribution in [0, 0.1) is 0 Å². The molecule has 0 bridgehead atoms. The maximum atomic E-state index is 11.2. The Bertz CT molecular complexity index is 564. The van der Waals surface area contributed by atoms with Gasteiger partial charge in [-0.3, -0.25) is 10.2 Å². The number of hydrogen-bond acceptors (Lipinski definition) is 5. The molecule has 2 rings (SSSR count). The second kappa shape index (κ2) is 6.67. The van der Waals surface area contributed by atoms with E-state index in [0.29, 0.717) is 13.2 Å². The number of amides is 1. The minimum Gasteiger partial charge on any atom is -0.492 e. The minimum atomic E-state index is -0.465. The van der Waals surface area contributed by atoms with E-state index in [-0.39, 0.29) is 5.69 Å². The number of ether oxygens (including phenoxy) is 1. The van der Waals surface area contributed by atoms with E-state index in [9.17, 15) is 4.79 Å². The van der Waals surface area contributed by atoms with Gasteiger partial charge in [-0.05, 0) is 24.1 Å². The third-order valence-corrected chi connectivity index (χ3v) is 2.82. The van der Waals surface area contributed by atoms with Gasteiger partial charge in [0.2, 0.25) is 0 Å². The molecule has 0 spiro atoms. The summed E-state index contributed by atoms with van der Waals surface area (Å²) >= 11 is 0. The number of carbonyl (C=O) groups is 1. The third kappa shape index (κ3) is 3.55. The van der Waals surface area contributed by atoms with Crippen LogP contribution in [0.2, 0.25) is 0 Å². The lowest BCUT2D eigenvalue weighted by Gasteiger charge is -2.06. The van der Waals surface area contributed by atoms with E-state index >= 15 is 0 Å². The van der Waals surface area contributed by atoms with Gasteiger partial charge in [-0.2, -0.15) is 0 Å². The number of nitrogen functional groups attached to an aromatic ring is 1. The fourth-order valence-electron chi connectivity index (χ4n) is 1.66. The number of aryl methyl sites for hydroxylation is 1. The molecule has 3 N–H and O–H groups in total. The van der Waals surface area contributed by atoms with Crippen molar-refractivity contribution < 1.29 is 9.53 Å². The first-order valence-electron chi connectivity index (χ1n) is 6.35. The first-order chi connectivity index (χ1) is 9.72. The van der Waals surface area contributed by atoms with Crippen LogP contribution < -0.4 is 16.0 Å². The smallest absolute Gasteiger partial charge is 0.287 e. The summed E-state index contributed by atoms with van der Waals surface area (Å²) in [5.41, 5.74) is 3.45. The lowest BCUT2D eigenvalue weighted by atomic mass is 10.2. The summed E-state index contributed by atoms with van der Waals surface area (Å²) in [5, 5.41) is 7.51. The van der Waals surface area contributed by atoms with E-state index in [1.807, 2.05) is 29.7 Å². The molecule has 7 nitrogen and oxygen atoms in total. The first kappa shape index (κ1) is 14.0. The van der Waals surface area contributed by atoms with Crippen LogP contribution in [0.4, 0.5) is 0 Å². The highest BCUT2D eigenvalue weighted by atomic mass is 16.5. The molecule has 0 aliphatic rings. The van der Waals surface area contributed by atoms with Crippen LogP contribution in [0.25, 0.3) is 0 Å². The molecule has 1 aromatic heterocycles. The number of carbonyl (C=O) groups excluding carboxylic acids is 1. The molecule has 1 heterocycles. The van der Waals surface area contributed by atoms with E-state index in [1.54, 1.807) is 0 Å². The predicted molar refractivity (Wildman–Crippen MR) is 73.0 cm³/mol. The summed E-state index contributed by atoms with van der Waals surface area (Å²) in [6, 6.07) is 7.95. The average molecular weight is 275 g/mol. The topological polar surface area (TPSA) is 95.1 Å². The fourth-order valence-corrected chi connectivity index (χ4v) is 1.66. The maximum absolute atomic E-state index is 11.2. The van der Waals surface area contributed by atoms with Crippen LogP contribution in [-0.4, -0.2) is 27.5 Å². The number of nitrogens with zero attached hydrogens (tertiary/aromatic N) is 3. The summed E-state index contributed by atoms with van der Waals surface area (Å²) < 4.78 is 7.12. The van der Waals surface area contributed by atoms with Gasteiger partial charge in [-0.25, -0.2) is 10.5 Å². The van der Waals surface area contributed by atoms with Gasteiger partial charge in [0.15, 0.2) is 5.69 Å². The SMILES string of the molecule is CCc1ccc(OCCn2cc(C(=O)NN)nn2)cc1. The van der Waals surface area contributed by atoms with E-state index in [2.05, 4.69) is 17.2 Å². The molecule has 1 aromatic carbocycles. The van der Waals surface area contributed by atoms with Gasteiger partial charge in [0.1, 0.15) is 12.4 Å². The Morgan fingerprint density at radius 3 is 2.80 bits per heavy atom. The quantitative estimate of drug-likeness (QED) is 0.455. The molecule has 7 heteroatoms. The first-order valence-corrected chi connectivity index (χ1v) is 6.35. The van der Waals surface area contributed by atoms with Crippen molar-refractivity contribution in [1.29, 1.82) is 0 Å². The van der Waals surface area contributed by atoms with Gasteiger partial charge in [-0.15, -0.1) is 5.10 Å². The van der Waals surface area contributed by atoms with E-state index < -0.39 is 5.91 Å². The van der Waals surface area contributed by atoms with Gasteiger partial charge in [0.25, 0.3) is 5.91 Å². The summed E-state index contributed by atoms with van der Waals surface area (Å²) in [6.07, 6.45) is 2.52. The highest BCUT2D eigenvalue weighted by Crippen LogP contribution is 2.12. The van der Waals surface area contributed by atoms with Crippen molar-refractivity contribution >= 4 is 5.91 Å². The molecule has 0 aliphatic heterocycles. The van der Waals surface area contributed by atoms with Crippen LogP contribution in [-0.2, 0) is 13.0 Å². The van der Waals surface area contributed by atoms with Crippen molar-refractivity contribution in [2.45, 2.75) is 19.9 Å². The van der Waals surface area contributed by atoms with Gasteiger partial charge in [-0.1, -0.05) is 24.3 Å². The van der Waals surface area contributed by atoms with Gasteiger partial charge in [0.05, 0.1) is 12.7 Å². The zero-order chi connectivity index (χ0) is 14.4. The fraction of sp³-hybridized carbons (Fsp3) is 0.308. The van der Waals surface area contributed by atoms with E-state index in [1.165, 1.54) is 16.4 Å². The Labute approximate surface area is 116 Å². The average Bonchev–Trinajstić information content (AvgIpc) is 2.96. The van der Waals surface area contributed by atoms with Crippen molar-refractivity contribution in [3.8, 4) is 5.75 Å². The molecule has 106 valence electrons. The lowest BCUT2D eigenvalue weighted by molar-refractivity contribution is 0.0948. The molecule has 0 aliphatic carbocycles. The van der Waals surface area contributed by atoms with Crippen molar-refractivity contribution in [3.63, 3.8) is 0 Å². The Morgan fingerprint density at radius 2 is 2.15 bits per heavy atom. The molecular formula is C13H17N5O2. The standard InChI is InChI=1S/C13H17N5O2/c1-2-10-3-5-11(6-4-10)20-8-7-18-9-12(16-17-18)13(19)15-14/h3-6,9H,2,7-8,14H2,1H3,(H,15,19). The highest BCUT2D eigenvalue weighted by molar-refractivity contribution is 5.91. The minimum absolute atomic E-state index is 0.180. The molecular weight excluding hydrogens is 258 g/mol. The van der Waals surface area contributed by atoms with E-state index in [4.69, 9.17) is 10.6 Å². The summed E-state index contributed by atoms with van der Waals surface area (Å²) in [5.74, 6) is 5.35. The monoisotopic (exact) mass is 275 g/mol. The van der Waals surface area contributed by atoms with Crippen LogP contribution in [0.1, 0.15) is 23.0 Å². The number of rotatable bonds is 6. The number of hydrogen-bond donors (Lipinski definition) is 2. The van der Waals surface area contributed by atoms with Crippen molar-refractivity contribution in [2.24, 2.45) is 5.84 Å². The van der Waals surface area contributed by atoms with Crippen molar-refractivity contribution in [3.05, 3.63) is 41.7 Å². The van der Waals surface area contributed by atoms with Gasteiger partial charge >= 0.3 is 0 Å². The number of hydrazine groups is 1. The molecule has 1 amide bonds. The number of nitrogens with one attached hydrogen (secondary N) is 1. The molecule has 0 radical (unpaired) electrons. The number of aromatic nitrogens is 3. The molecule has 0 fully saturated rings. The van der Waals surface area contributed by atoms with Crippen molar-refractivity contribution in [1.82, 2.24) is 20.4 Å².